The molecule has 0 unspecified atom stereocenters. The summed E-state index contributed by atoms with van der Waals surface area (Å²) in [4.78, 5) is 25.5. The lowest BCUT2D eigenvalue weighted by atomic mass is 9.74. The topological polar surface area (TPSA) is 66.8 Å². The van der Waals surface area contributed by atoms with Gasteiger partial charge in [-0.25, -0.2) is 4.79 Å². The summed E-state index contributed by atoms with van der Waals surface area (Å²) < 4.78 is 43.3. The summed E-state index contributed by atoms with van der Waals surface area (Å²) in [5, 5.41) is 9.73. The summed E-state index contributed by atoms with van der Waals surface area (Å²) >= 11 is 0. The Balaban J connectivity index is 2.08. The molecule has 8 heteroatoms. The van der Waals surface area contributed by atoms with Crippen LogP contribution >= 0.6 is 0 Å². The van der Waals surface area contributed by atoms with Gasteiger partial charge in [-0.3, -0.25) is 4.79 Å². The molecule has 1 saturated heterocycles. The van der Waals surface area contributed by atoms with E-state index in [1.807, 2.05) is 0 Å². The van der Waals surface area contributed by atoms with Crippen molar-refractivity contribution in [3.8, 4) is 0 Å². The van der Waals surface area contributed by atoms with Gasteiger partial charge in [-0.1, -0.05) is 12.1 Å². The van der Waals surface area contributed by atoms with Crippen LogP contribution in [0.5, 0.6) is 0 Å². The third kappa shape index (κ3) is 5.37. The Labute approximate surface area is 156 Å². The molecule has 0 bridgehead atoms. The van der Waals surface area contributed by atoms with Gasteiger partial charge < -0.3 is 14.7 Å². The number of carbonyl (C=O) groups is 2. The van der Waals surface area contributed by atoms with Gasteiger partial charge in [-0.05, 0) is 57.7 Å². The monoisotopic (exact) mass is 387 g/mol. The predicted octanol–water partition coefficient (Wildman–Crippen LogP) is 4.35. The number of hydrogen-bond donors (Lipinski definition) is 1. The Morgan fingerprint density at radius 2 is 1.63 bits per heavy atom. The number of amides is 1. The molecule has 150 valence electrons. The zero-order valence-corrected chi connectivity index (χ0v) is 15.6. The van der Waals surface area contributed by atoms with E-state index in [-0.39, 0.29) is 32.4 Å². The van der Waals surface area contributed by atoms with Gasteiger partial charge in [0.25, 0.3) is 0 Å². The minimum absolute atomic E-state index is 0.114. The lowest BCUT2D eigenvalue weighted by Gasteiger charge is -2.39. The number of ether oxygens (including phenoxy) is 1. The first-order chi connectivity index (χ1) is 12.3. The van der Waals surface area contributed by atoms with Crippen molar-refractivity contribution in [3.63, 3.8) is 0 Å². The number of piperidine rings is 1. The number of carboxylic acid groups (broad SMARTS) is 1. The average molecular weight is 387 g/mol. The first-order valence-corrected chi connectivity index (χ1v) is 8.70. The molecule has 0 saturated carbocycles. The van der Waals surface area contributed by atoms with E-state index in [9.17, 15) is 27.9 Å². The number of halogens is 3. The van der Waals surface area contributed by atoms with Crippen LogP contribution in [0.3, 0.4) is 0 Å². The van der Waals surface area contributed by atoms with Crippen molar-refractivity contribution in [2.45, 2.75) is 51.8 Å². The van der Waals surface area contributed by atoms with Crippen molar-refractivity contribution in [2.75, 3.05) is 13.1 Å². The van der Waals surface area contributed by atoms with E-state index in [1.165, 1.54) is 17.0 Å². The van der Waals surface area contributed by atoms with Gasteiger partial charge in [-0.2, -0.15) is 13.2 Å². The van der Waals surface area contributed by atoms with E-state index in [2.05, 4.69) is 0 Å². The van der Waals surface area contributed by atoms with Crippen LogP contribution in [0, 0.1) is 5.41 Å². The highest BCUT2D eigenvalue weighted by Crippen LogP contribution is 2.37. The number of alkyl halides is 3. The molecule has 5 nitrogen and oxygen atoms in total. The quantitative estimate of drug-likeness (QED) is 0.837. The average Bonchev–Trinajstić information content (AvgIpc) is 2.53. The molecule has 1 heterocycles. The molecule has 1 aliphatic rings. The molecule has 1 aliphatic heterocycles. The molecule has 0 aliphatic carbocycles. The van der Waals surface area contributed by atoms with Gasteiger partial charge in [-0.15, -0.1) is 0 Å². The molecule has 0 aromatic heterocycles. The lowest BCUT2D eigenvalue weighted by Crippen LogP contribution is -2.48. The minimum Gasteiger partial charge on any atom is -0.481 e. The lowest BCUT2D eigenvalue weighted by molar-refractivity contribution is -0.152. The molecule has 1 N–H and O–H groups in total. The standard InChI is InChI=1S/C19H24F3NO4/c1-17(2,3)27-16(26)23-10-8-18(9-11-23,15(24)25)12-13-4-6-14(7-5-13)19(20,21)22/h4-7H,8-12H2,1-3H3,(H,24,25). The summed E-state index contributed by atoms with van der Waals surface area (Å²) in [7, 11) is 0. The third-order valence-corrected chi connectivity index (χ3v) is 4.65. The Morgan fingerprint density at radius 1 is 1.11 bits per heavy atom. The van der Waals surface area contributed by atoms with Crippen molar-refractivity contribution in [1.29, 1.82) is 0 Å². The van der Waals surface area contributed by atoms with Gasteiger partial charge >= 0.3 is 18.2 Å². The Hall–Kier alpha value is -2.25. The molecule has 1 amide bonds. The molecule has 2 rings (SSSR count). The van der Waals surface area contributed by atoms with E-state index >= 15 is 0 Å². The zero-order chi connectivity index (χ0) is 20.5. The van der Waals surface area contributed by atoms with E-state index in [0.717, 1.165) is 12.1 Å². The normalized spacial score (nSPS) is 17.5. The summed E-state index contributed by atoms with van der Waals surface area (Å²) in [5.74, 6) is -1.01. The van der Waals surface area contributed by atoms with Crippen LogP contribution in [0.25, 0.3) is 0 Å². The Morgan fingerprint density at radius 3 is 2.04 bits per heavy atom. The van der Waals surface area contributed by atoms with Gasteiger partial charge in [0.15, 0.2) is 0 Å². The van der Waals surface area contributed by atoms with Gasteiger partial charge in [0.05, 0.1) is 11.0 Å². The largest absolute Gasteiger partial charge is 0.481 e. The van der Waals surface area contributed by atoms with E-state index in [0.29, 0.717) is 5.56 Å². The second-order valence-corrected chi connectivity index (χ2v) is 7.92. The molecule has 1 fully saturated rings. The number of rotatable bonds is 3. The molecule has 1 aromatic rings. The molecule has 0 spiro atoms. The van der Waals surface area contributed by atoms with E-state index in [1.54, 1.807) is 20.8 Å². The second kappa shape index (κ2) is 7.40. The maximum absolute atomic E-state index is 12.7. The van der Waals surface area contributed by atoms with Crippen LogP contribution in [0.4, 0.5) is 18.0 Å². The van der Waals surface area contributed by atoms with Crippen molar-refractivity contribution in [3.05, 3.63) is 35.4 Å². The predicted molar refractivity (Wildman–Crippen MR) is 92.3 cm³/mol. The number of benzene rings is 1. The highest BCUT2D eigenvalue weighted by atomic mass is 19.4. The second-order valence-electron chi connectivity index (χ2n) is 7.92. The van der Waals surface area contributed by atoms with Crippen molar-refractivity contribution >= 4 is 12.1 Å². The molecule has 27 heavy (non-hydrogen) atoms. The highest BCUT2D eigenvalue weighted by molar-refractivity contribution is 5.76. The first kappa shape index (κ1) is 21.1. The fraction of sp³-hybridized carbons (Fsp3) is 0.579. The van der Waals surface area contributed by atoms with Crippen LogP contribution in [-0.2, 0) is 22.1 Å². The third-order valence-electron chi connectivity index (χ3n) is 4.65. The number of nitrogens with zero attached hydrogens (tertiary/aromatic N) is 1. The van der Waals surface area contributed by atoms with Gasteiger partial charge in [0, 0.05) is 13.1 Å². The highest BCUT2D eigenvalue weighted by Gasteiger charge is 2.43. The zero-order valence-electron chi connectivity index (χ0n) is 15.6. The van der Waals surface area contributed by atoms with E-state index in [4.69, 9.17) is 4.74 Å². The van der Waals surface area contributed by atoms with Crippen LogP contribution in [0.15, 0.2) is 24.3 Å². The number of carboxylic acids is 1. The molecular formula is C19H24F3NO4. The smallest absolute Gasteiger partial charge is 0.416 e. The fourth-order valence-corrected chi connectivity index (χ4v) is 3.11. The van der Waals surface area contributed by atoms with Crippen LogP contribution in [0.2, 0.25) is 0 Å². The Bertz CT molecular complexity index is 684. The van der Waals surface area contributed by atoms with E-state index < -0.39 is 34.8 Å². The molecule has 0 radical (unpaired) electrons. The van der Waals surface area contributed by atoms with Crippen molar-refractivity contribution < 1.29 is 32.6 Å². The summed E-state index contributed by atoms with van der Waals surface area (Å²) in [5.41, 5.74) is -2.00. The van der Waals surface area contributed by atoms with Crippen molar-refractivity contribution in [1.82, 2.24) is 4.90 Å². The number of aliphatic carboxylic acids is 1. The number of likely N-dealkylation sites (tertiary alicyclic amines) is 1. The Kier molecular flexibility index (Phi) is 5.77. The maximum Gasteiger partial charge on any atom is 0.416 e. The summed E-state index contributed by atoms with van der Waals surface area (Å²) in [6.45, 7) is 5.70. The first-order valence-electron chi connectivity index (χ1n) is 8.70. The van der Waals surface area contributed by atoms with Crippen LogP contribution in [0.1, 0.15) is 44.7 Å². The maximum atomic E-state index is 12.7. The van der Waals surface area contributed by atoms with Crippen molar-refractivity contribution in [2.24, 2.45) is 5.41 Å². The summed E-state index contributed by atoms with van der Waals surface area (Å²) in [6, 6.07) is 4.54. The minimum atomic E-state index is -4.43. The van der Waals surface area contributed by atoms with Crippen LogP contribution in [-0.4, -0.2) is 40.8 Å². The number of carbonyl (C=O) groups excluding carboxylic acids is 1. The van der Waals surface area contributed by atoms with Crippen LogP contribution < -0.4 is 0 Å². The molecule has 1 aromatic carbocycles. The molecular weight excluding hydrogens is 363 g/mol. The SMILES string of the molecule is CC(C)(C)OC(=O)N1CCC(Cc2ccc(C(F)(F)F)cc2)(C(=O)O)CC1. The molecule has 0 atom stereocenters. The van der Waals surface area contributed by atoms with Gasteiger partial charge in [0.1, 0.15) is 5.60 Å². The summed E-state index contributed by atoms with van der Waals surface area (Å²) in [6.07, 6.45) is -4.38. The van der Waals surface area contributed by atoms with Gasteiger partial charge in [0.2, 0.25) is 0 Å². The number of hydrogen-bond acceptors (Lipinski definition) is 3. The fourth-order valence-electron chi connectivity index (χ4n) is 3.11.